The van der Waals surface area contributed by atoms with Gasteiger partial charge in [0, 0.05) is 12.2 Å². The number of hydrogen-bond donors (Lipinski definition) is 2. The van der Waals surface area contributed by atoms with Crippen molar-refractivity contribution in [3.63, 3.8) is 0 Å². The minimum Gasteiger partial charge on any atom is -0.494 e. The Kier molecular flexibility index (Phi) is 6.02. The molecule has 26 heavy (non-hydrogen) atoms. The molecule has 1 heterocycles. The van der Waals surface area contributed by atoms with Gasteiger partial charge in [-0.1, -0.05) is 32.4 Å². The number of carbonyl (C=O) groups is 1. The molecule has 1 amide bonds. The van der Waals surface area contributed by atoms with Crippen LogP contribution in [0.5, 0.6) is 5.75 Å². The van der Waals surface area contributed by atoms with E-state index in [1.807, 2.05) is 20.8 Å². The second kappa shape index (κ2) is 7.86. The van der Waals surface area contributed by atoms with E-state index in [0.717, 1.165) is 12.1 Å². The van der Waals surface area contributed by atoms with E-state index in [0.29, 0.717) is 6.54 Å². The van der Waals surface area contributed by atoms with Crippen molar-refractivity contribution in [3.8, 4) is 5.75 Å². The summed E-state index contributed by atoms with van der Waals surface area (Å²) in [5.41, 5.74) is 0.0803. The number of nitrogens with zero attached hydrogens (tertiary/aromatic N) is 1. The number of hydrogen-bond acceptors (Lipinski definition) is 4. The summed E-state index contributed by atoms with van der Waals surface area (Å²) in [6.07, 6.45) is 0. The van der Waals surface area contributed by atoms with Crippen molar-refractivity contribution in [3.05, 3.63) is 46.6 Å². The molecule has 0 spiro atoms. The van der Waals surface area contributed by atoms with E-state index in [1.165, 1.54) is 13.2 Å². The summed E-state index contributed by atoms with van der Waals surface area (Å²) in [5, 5.41) is 4.95. The maximum absolute atomic E-state index is 13.6. The second-order valence-corrected chi connectivity index (χ2v) is 7.25. The van der Waals surface area contributed by atoms with Crippen molar-refractivity contribution < 1.29 is 18.3 Å². The van der Waals surface area contributed by atoms with Gasteiger partial charge in [-0.05, 0) is 29.7 Å². The Bertz CT molecular complexity index is 800. The largest absolute Gasteiger partial charge is 0.494 e. The molecule has 0 atom stereocenters. The molecule has 1 aromatic carbocycles. The number of aromatic nitrogens is 1. The molecule has 1 aromatic heterocycles. The average molecular weight is 384 g/mol. The molecule has 8 heteroatoms. The molecular weight excluding hydrogens is 364 g/mol. The van der Waals surface area contributed by atoms with E-state index < -0.39 is 22.6 Å². The van der Waals surface area contributed by atoms with E-state index in [4.69, 9.17) is 16.3 Å². The number of rotatable bonds is 5. The van der Waals surface area contributed by atoms with E-state index in [2.05, 4.69) is 15.6 Å². The molecule has 0 saturated heterocycles. The van der Waals surface area contributed by atoms with E-state index in [1.54, 1.807) is 6.07 Å². The smallest absolute Gasteiger partial charge is 0.273 e. The molecule has 5 nitrogen and oxygen atoms in total. The number of carbonyl (C=O) groups excluding carboxylic acids is 1. The first kappa shape index (κ1) is 19.9. The highest BCUT2D eigenvalue weighted by molar-refractivity contribution is 6.31. The zero-order valence-electron chi connectivity index (χ0n) is 14.9. The summed E-state index contributed by atoms with van der Waals surface area (Å²) >= 11 is 5.47. The summed E-state index contributed by atoms with van der Waals surface area (Å²) < 4.78 is 32.3. The third-order valence-corrected chi connectivity index (χ3v) is 3.69. The first-order valence-electron chi connectivity index (χ1n) is 7.85. The van der Waals surface area contributed by atoms with Gasteiger partial charge in [0.25, 0.3) is 5.91 Å². The Balaban J connectivity index is 2.27. The number of pyridine rings is 1. The van der Waals surface area contributed by atoms with Crippen molar-refractivity contribution in [1.29, 1.82) is 0 Å². The highest BCUT2D eigenvalue weighted by atomic mass is 35.5. The lowest BCUT2D eigenvalue weighted by molar-refractivity contribution is 0.0931. The standard InChI is InChI=1S/C18H20ClF2N3O2/c1-18(2,3)9-22-17(25)16-13(26-4)5-6-14(24-16)23-10-7-11(20)15(19)12(21)8-10/h5-8H,9H2,1-4H3,(H,22,25)(H,23,24). The molecule has 0 radical (unpaired) electrons. The molecule has 0 fully saturated rings. The maximum atomic E-state index is 13.6. The summed E-state index contributed by atoms with van der Waals surface area (Å²) in [5.74, 6) is -1.69. The number of anilines is 2. The second-order valence-electron chi connectivity index (χ2n) is 6.87. The monoisotopic (exact) mass is 383 g/mol. The third-order valence-electron chi connectivity index (χ3n) is 3.33. The number of ether oxygens (including phenoxy) is 1. The molecule has 0 aliphatic rings. The lowest BCUT2D eigenvalue weighted by atomic mass is 9.97. The lowest BCUT2D eigenvalue weighted by Crippen LogP contribution is -2.33. The minimum atomic E-state index is -0.897. The molecule has 0 bridgehead atoms. The van der Waals surface area contributed by atoms with Crippen LogP contribution in [0.3, 0.4) is 0 Å². The number of halogens is 3. The van der Waals surface area contributed by atoms with Crippen molar-refractivity contribution in [2.75, 3.05) is 19.0 Å². The summed E-state index contributed by atoms with van der Waals surface area (Å²) in [4.78, 5) is 16.6. The molecule has 2 rings (SSSR count). The van der Waals surface area contributed by atoms with Gasteiger partial charge < -0.3 is 15.4 Å². The highest BCUT2D eigenvalue weighted by Crippen LogP contribution is 2.26. The van der Waals surface area contributed by atoms with Crippen LogP contribution in [-0.4, -0.2) is 24.5 Å². The number of amides is 1. The quantitative estimate of drug-likeness (QED) is 0.744. The summed E-state index contributed by atoms with van der Waals surface area (Å²) in [6.45, 7) is 6.40. The summed E-state index contributed by atoms with van der Waals surface area (Å²) in [6, 6.07) is 5.15. The SMILES string of the molecule is COc1ccc(Nc2cc(F)c(Cl)c(F)c2)nc1C(=O)NCC(C)(C)C. The van der Waals surface area contributed by atoms with E-state index >= 15 is 0 Å². The zero-order chi connectivity index (χ0) is 19.5. The van der Waals surface area contributed by atoms with Gasteiger partial charge in [0.15, 0.2) is 5.69 Å². The average Bonchev–Trinajstić information content (AvgIpc) is 2.56. The fourth-order valence-corrected chi connectivity index (χ4v) is 2.16. The molecular formula is C18H20ClF2N3O2. The normalized spacial score (nSPS) is 11.2. The Hall–Kier alpha value is -2.41. The highest BCUT2D eigenvalue weighted by Gasteiger charge is 2.18. The van der Waals surface area contributed by atoms with Gasteiger partial charge in [0.2, 0.25) is 0 Å². The predicted octanol–water partition coefficient (Wildman–Crippen LogP) is 4.54. The van der Waals surface area contributed by atoms with Crippen molar-refractivity contribution in [1.82, 2.24) is 10.3 Å². The van der Waals surface area contributed by atoms with Gasteiger partial charge in [-0.2, -0.15) is 0 Å². The van der Waals surface area contributed by atoms with Gasteiger partial charge in [-0.25, -0.2) is 13.8 Å². The molecule has 0 aliphatic carbocycles. The van der Waals surface area contributed by atoms with Crippen molar-refractivity contribution in [2.24, 2.45) is 5.41 Å². The Labute approximate surface area is 155 Å². The molecule has 0 aliphatic heterocycles. The summed E-state index contributed by atoms with van der Waals surface area (Å²) in [7, 11) is 1.43. The number of nitrogens with one attached hydrogen (secondary N) is 2. The molecule has 140 valence electrons. The van der Waals surface area contributed by atoms with Crippen LogP contribution in [0.15, 0.2) is 24.3 Å². The first-order chi connectivity index (χ1) is 12.1. The van der Waals surface area contributed by atoms with Crippen LogP contribution >= 0.6 is 11.6 Å². The van der Waals surface area contributed by atoms with Crippen molar-refractivity contribution in [2.45, 2.75) is 20.8 Å². The molecule has 0 saturated carbocycles. The minimum absolute atomic E-state index is 0.0663. The van der Waals surface area contributed by atoms with Crippen molar-refractivity contribution >= 4 is 29.0 Å². The topological polar surface area (TPSA) is 63.2 Å². The number of benzene rings is 1. The van der Waals surface area contributed by atoms with Gasteiger partial charge in [-0.3, -0.25) is 4.79 Å². The van der Waals surface area contributed by atoms with E-state index in [9.17, 15) is 13.6 Å². The van der Waals surface area contributed by atoms with Crippen LogP contribution in [0.2, 0.25) is 5.02 Å². The molecule has 2 aromatic rings. The van der Waals surface area contributed by atoms with Crippen LogP contribution < -0.4 is 15.4 Å². The van der Waals surface area contributed by atoms with Crippen LogP contribution in [0.1, 0.15) is 31.3 Å². The lowest BCUT2D eigenvalue weighted by Gasteiger charge is -2.19. The van der Waals surface area contributed by atoms with Gasteiger partial charge in [0.1, 0.15) is 28.2 Å². The van der Waals surface area contributed by atoms with Crippen LogP contribution in [0.4, 0.5) is 20.3 Å². The Morgan fingerprint density at radius 3 is 2.38 bits per heavy atom. The van der Waals surface area contributed by atoms with Gasteiger partial charge >= 0.3 is 0 Å². The zero-order valence-corrected chi connectivity index (χ0v) is 15.7. The van der Waals surface area contributed by atoms with Crippen LogP contribution in [0.25, 0.3) is 0 Å². The number of methoxy groups -OCH3 is 1. The molecule has 2 N–H and O–H groups in total. The third kappa shape index (κ3) is 5.05. The molecule has 0 unspecified atom stereocenters. The van der Waals surface area contributed by atoms with Gasteiger partial charge in [0.05, 0.1) is 7.11 Å². The fraction of sp³-hybridized carbons (Fsp3) is 0.333. The fourth-order valence-electron chi connectivity index (χ4n) is 2.05. The first-order valence-corrected chi connectivity index (χ1v) is 8.23. The Morgan fingerprint density at radius 2 is 1.85 bits per heavy atom. The predicted molar refractivity (Wildman–Crippen MR) is 97.2 cm³/mol. The van der Waals surface area contributed by atoms with Gasteiger partial charge in [-0.15, -0.1) is 0 Å². The van der Waals surface area contributed by atoms with Crippen LogP contribution in [-0.2, 0) is 0 Å². The maximum Gasteiger partial charge on any atom is 0.273 e. The van der Waals surface area contributed by atoms with E-state index in [-0.39, 0.29) is 28.4 Å². The van der Waals surface area contributed by atoms with Crippen LogP contribution in [0, 0.1) is 17.0 Å². The Morgan fingerprint density at radius 1 is 1.23 bits per heavy atom.